The van der Waals surface area contributed by atoms with Gasteiger partial charge in [0.15, 0.2) is 11.3 Å². The molecule has 136 valence electrons. The summed E-state index contributed by atoms with van der Waals surface area (Å²) in [5.41, 5.74) is 1.10. The van der Waals surface area contributed by atoms with Gasteiger partial charge in [0.1, 0.15) is 11.3 Å². The summed E-state index contributed by atoms with van der Waals surface area (Å²) in [5, 5.41) is 13.1. The second kappa shape index (κ2) is 6.56. The maximum absolute atomic E-state index is 12.8. The fourth-order valence-corrected chi connectivity index (χ4v) is 2.92. The third kappa shape index (κ3) is 3.12. The van der Waals surface area contributed by atoms with E-state index in [1.807, 2.05) is 0 Å². The van der Waals surface area contributed by atoms with Crippen LogP contribution in [0.5, 0.6) is 5.75 Å². The number of furan rings is 1. The molecule has 2 heterocycles. The number of halogens is 2. The summed E-state index contributed by atoms with van der Waals surface area (Å²) in [5.74, 6) is -0.637. The average Bonchev–Trinajstić information content (AvgIpc) is 3.02. The van der Waals surface area contributed by atoms with Crippen molar-refractivity contribution in [1.29, 1.82) is 0 Å². The number of para-hydroxylation sites is 1. The van der Waals surface area contributed by atoms with Gasteiger partial charge in [-0.1, -0.05) is 18.2 Å². The summed E-state index contributed by atoms with van der Waals surface area (Å²) >= 11 is 0. The van der Waals surface area contributed by atoms with Gasteiger partial charge in [-0.15, -0.1) is 0 Å². The molecule has 27 heavy (non-hydrogen) atoms. The highest BCUT2D eigenvalue weighted by atomic mass is 19.3. The van der Waals surface area contributed by atoms with Crippen LogP contribution in [-0.4, -0.2) is 17.7 Å². The number of nitrogens with one attached hydrogen (secondary N) is 1. The van der Waals surface area contributed by atoms with Gasteiger partial charge in [0.05, 0.1) is 5.56 Å². The number of carbonyl (C=O) groups is 1. The number of amides is 1. The predicted octanol–water partition coefficient (Wildman–Crippen LogP) is 3.96. The SMILES string of the molecule is O=C(Nc1ccc[n+](O)c1)c1ccc(OC(F)F)c2oc3ccccc3c12. The van der Waals surface area contributed by atoms with Gasteiger partial charge >= 0.3 is 6.61 Å². The number of anilines is 1. The molecule has 2 aromatic carbocycles. The highest BCUT2D eigenvalue weighted by Gasteiger charge is 2.21. The van der Waals surface area contributed by atoms with Crippen LogP contribution in [0.15, 0.2) is 65.3 Å². The van der Waals surface area contributed by atoms with Crippen molar-refractivity contribution >= 4 is 33.5 Å². The second-order valence-corrected chi connectivity index (χ2v) is 5.72. The van der Waals surface area contributed by atoms with E-state index in [1.54, 1.807) is 36.4 Å². The van der Waals surface area contributed by atoms with E-state index in [0.29, 0.717) is 22.0 Å². The van der Waals surface area contributed by atoms with Crippen molar-refractivity contribution < 1.29 is 32.7 Å². The lowest BCUT2D eigenvalue weighted by Crippen LogP contribution is -2.29. The zero-order chi connectivity index (χ0) is 19.0. The molecule has 0 aliphatic heterocycles. The Hall–Kier alpha value is -3.68. The van der Waals surface area contributed by atoms with Gasteiger partial charge in [-0.05, 0) is 24.3 Å². The summed E-state index contributed by atoms with van der Waals surface area (Å²) in [6, 6.07) is 12.7. The molecule has 0 aliphatic rings. The molecule has 0 spiro atoms. The minimum absolute atomic E-state index is 0.0643. The average molecular weight is 371 g/mol. The predicted molar refractivity (Wildman–Crippen MR) is 92.1 cm³/mol. The van der Waals surface area contributed by atoms with Crippen molar-refractivity contribution in [2.45, 2.75) is 6.61 Å². The van der Waals surface area contributed by atoms with Gasteiger partial charge in [0.25, 0.3) is 5.91 Å². The smallest absolute Gasteiger partial charge is 0.387 e. The fraction of sp³-hybridized carbons (Fsp3) is 0.0526. The zero-order valence-corrected chi connectivity index (χ0v) is 13.7. The largest absolute Gasteiger partial charge is 0.452 e. The van der Waals surface area contributed by atoms with Gasteiger partial charge in [-0.3, -0.25) is 10.0 Å². The molecule has 1 amide bonds. The molecule has 2 aromatic heterocycles. The van der Waals surface area contributed by atoms with Crippen LogP contribution in [0.25, 0.3) is 21.9 Å². The van der Waals surface area contributed by atoms with Crippen LogP contribution in [0.1, 0.15) is 10.4 Å². The van der Waals surface area contributed by atoms with Crippen LogP contribution < -0.4 is 14.8 Å². The van der Waals surface area contributed by atoms with Gasteiger partial charge in [0, 0.05) is 21.6 Å². The molecule has 0 bridgehead atoms. The molecule has 0 aliphatic carbocycles. The number of ether oxygens (including phenoxy) is 1. The maximum Gasteiger partial charge on any atom is 0.387 e. The van der Waals surface area contributed by atoms with Crippen LogP contribution in [-0.2, 0) is 0 Å². The van der Waals surface area contributed by atoms with Crippen LogP contribution >= 0.6 is 0 Å². The Labute approximate surface area is 151 Å². The monoisotopic (exact) mass is 371 g/mol. The van der Waals surface area contributed by atoms with Crippen LogP contribution in [0.3, 0.4) is 0 Å². The molecule has 0 saturated carbocycles. The number of hydrogen-bond donors (Lipinski definition) is 2. The normalized spacial score (nSPS) is 11.2. The molecule has 8 heteroatoms. The van der Waals surface area contributed by atoms with E-state index in [-0.39, 0.29) is 16.9 Å². The minimum Gasteiger partial charge on any atom is -0.452 e. The highest BCUT2D eigenvalue weighted by Crippen LogP contribution is 2.37. The van der Waals surface area contributed by atoms with E-state index < -0.39 is 12.5 Å². The van der Waals surface area contributed by atoms with Gasteiger partial charge in [-0.2, -0.15) is 8.78 Å². The first-order valence-corrected chi connectivity index (χ1v) is 7.94. The van der Waals surface area contributed by atoms with E-state index in [0.717, 1.165) is 4.73 Å². The van der Waals surface area contributed by atoms with Crippen molar-refractivity contribution in [2.24, 2.45) is 0 Å². The summed E-state index contributed by atoms with van der Waals surface area (Å²) in [6.07, 6.45) is 2.71. The fourth-order valence-electron chi connectivity index (χ4n) is 2.92. The summed E-state index contributed by atoms with van der Waals surface area (Å²) in [6.45, 7) is -3.02. The lowest BCUT2D eigenvalue weighted by molar-refractivity contribution is -0.904. The standard InChI is InChI=1S/C19H12F2N2O4/c20-19(21)27-15-8-7-13(18(24)22-11-4-3-9-23(25)10-11)16-12-5-1-2-6-14(12)26-17(15)16/h1-10,19H,(H-,22,24,25)/p+1. The van der Waals surface area contributed by atoms with Gasteiger partial charge < -0.3 is 14.5 Å². The molecular weight excluding hydrogens is 358 g/mol. The topological polar surface area (TPSA) is 75.6 Å². The summed E-state index contributed by atoms with van der Waals surface area (Å²) < 4.78 is 36.4. The quantitative estimate of drug-likeness (QED) is 0.421. The first-order valence-electron chi connectivity index (χ1n) is 7.94. The Morgan fingerprint density at radius 3 is 2.74 bits per heavy atom. The molecule has 6 nitrogen and oxygen atoms in total. The maximum atomic E-state index is 12.8. The number of hydrogen-bond acceptors (Lipinski definition) is 4. The third-order valence-electron chi connectivity index (χ3n) is 3.99. The molecule has 2 N–H and O–H groups in total. The Balaban J connectivity index is 1.86. The summed E-state index contributed by atoms with van der Waals surface area (Å²) in [7, 11) is 0. The first kappa shape index (κ1) is 16.8. The van der Waals surface area contributed by atoms with Crippen LogP contribution in [0.2, 0.25) is 0 Å². The van der Waals surface area contributed by atoms with E-state index in [4.69, 9.17) is 4.42 Å². The van der Waals surface area contributed by atoms with Gasteiger partial charge in [0.2, 0.25) is 12.4 Å². The molecule has 4 aromatic rings. The number of carbonyl (C=O) groups excluding carboxylic acids is 1. The molecule has 0 atom stereocenters. The van der Waals surface area contributed by atoms with Crippen LogP contribution in [0.4, 0.5) is 14.5 Å². The Bertz CT molecular complexity index is 1160. The lowest BCUT2D eigenvalue weighted by Gasteiger charge is -2.08. The molecule has 4 rings (SSSR count). The number of fused-ring (bicyclic) bond motifs is 3. The van der Waals surface area contributed by atoms with E-state index in [1.165, 1.54) is 24.5 Å². The lowest BCUT2D eigenvalue weighted by atomic mass is 10.0. The molecule has 0 unspecified atom stereocenters. The van der Waals surface area contributed by atoms with Crippen molar-refractivity contribution in [2.75, 3.05) is 5.32 Å². The number of rotatable bonds is 4. The molecule has 0 fully saturated rings. The number of aromatic nitrogens is 1. The van der Waals surface area contributed by atoms with Crippen molar-refractivity contribution in [1.82, 2.24) is 0 Å². The van der Waals surface area contributed by atoms with E-state index >= 15 is 0 Å². The minimum atomic E-state index is -3.02. The zero-order valence-electron chi connectivity index (χ0n) is 13.7. The Morgan fingerprint density at radius 1 is 1.15 bits per heavy atom. The van der Waals surface area contributed by atoms with Crippen molar-refractivity contribution in [3.63, 3.8) is 0 Å². The molecule has 0 saturated heterocycles. The number of benzene rings is 2. The highest BCUT2D eigenvalue weighted by molar-refractivity contribution is 6.20. The first-order chi connectivity index (χ1) is 13.0. The third-order valence-corrected chi connectivity index (χ3v) is 3.99. The van der Waals surface area contributed by atoms with Crippen molar-refractivity contribution in [3.05, 3.63) is 66.5 Å². The number of alkyl halides is 2. The molecule has 0 radical (unpaired) electrons. The van der Waals surface area contributed by atoms with E-state index in [9.17, 15) is 18.8 Å². The Morgan fingerprint density at radius 2 is 1.96 bits per heavy atom. The van der Waals surface area contributed by atoms with Crippen molar-refractivity contribution in [3.8, 4) is 5.75 Å². The van der Waals surface area contributed by atoms with Gasteiger partial charge in [-0.25, -0.2) is 0 Å². The molecular formula is C19H13F2N2O4+. The Kier molecular flexibility index (Phi) is 4.08. The van der Waals surface area contributed by atoms with Crippen LogP contribution in [0, 0.1) is 0 Å². The van der Waals surface area contributed by atoms with E-state index in [2.05, 4.69) is 10.1 Å². The summed E-state index contributed by atoms with van der Waals surface area (Å²) in [4.78, 5) is 12.8. The second-order valence-electron chi connectivity index (χ2n) is 5.72. The number of pyridine rings is 1. The number of nitrogens with zero attached hydrogens (tertiary/aromatic N) is 1.